The van der Waals surface area contributed by atoms with E-state index in [1.807, 2.05) is 0 Å². The molecule has 1 atom stereocenters. The number of halogens is 2. The minimum absolute atomic E-state index is 0.0772. The van der Waals surface area contributed by atoms with Crippen molar-refractivity contribution in [2.24, 2.45) is 5.92 Å². The van der Waals surface area contributed by atoms with E-state index in [9.17, 15) is 9.59 Å². The minimum atomic E-state index is -0.408. The second kappa shape index (κ2) is 6.60. The third-order valence-electron chi connectivity index (χ3n) is 3.77. The SMILES string of the molecule is O=C(Nc1ccccc1Cl)[C@@H]1CC(=O)N(c2ccc(Cl)cc2)C1. The molecule has 0 aliphatic carbocycles. The molecule has 2 amide bonds. The van der Waals surface area contributed by atoms with Gasteiger partial charge < -0.3 is 10.2 Å². The summed E-state index contributed by atoms with van der Waals surface area (Å²) in [5.41, 5.74) is 1.30. The summed E-state index contributed by atoms with van der Waals surface area (Å²) in [6.07, 6.45) is 0.179. The summed E-state index contributed by atoms with van der Waals surface area (Å²) in [4.78, 5) is 26.2. The van der Waals surface area contributed by atoms with Crippen molar-refractivity contribution in [2.75, 3.05) is 16.8 Å². The number of rotatable bonds is 3. The zero-order chi connectivity index (χ0) is 16.4. The van der Waals surface area contributed by atoms with Crippen molar-refractivity contribution < 1.29 is 9.59 Å². The lowest BCUT2D eigenvalue weighted by atomic mass is 10.1. The van der Waals surface area contributed by atoms with Crippen LogP contribution in [-0.2, 0) is 9.59 Å². The van der Waals surface area contributed by atoms with Crippen LogP contribution in [0.4, 0.5) is 11.4 Å². The first kappa shape index (κ1) is 15.8. The van der Waals surface area contributed by atoms with E-state index in [-0.39, 0.29) is 18.2 Å². The highest BCUT2D eigenvalue weighted by atomic mass is 35.5. The van der Waals surface area contributed by atoms with Crippen LogP contribution in [0.25, 0.3) is 0 Å². The van der Waals surface area contributed by atoms with Gasteiger partial charge in [0.25, 0.3) is 0 Å². The average molecular weight is 349 g/mol. The number of anilines is 2. The molecule has 1 saturated heterocycles. The van der Waals surface area contributed by atoms with Gasteiger partial charge in [-0.25, -0.2) is 0 Å². The van der Waals surface area contributed by atoms with Gasteiger partial charge in [-0.1, -0.05) is 35.3 Å². The number of hydrogen-bond acceptors (Lipinski definition) is 2. The highest BCUT2D eigenvalue weighted by Gasteiger charge is 2.35. The smallest absolute Gasteiger partial charge is 0.229 e. The number of benzene rings is 2. The van der Waals surface area contributed by atoms with Gasteiger partial charge >= 0.3 is 0 Å². The Morgan fingerprint density at radius 3 is 2.48 bits per heavy atom. The molecule has 0 aromatic heterocycles. The number of hydrogen-bond donors (Lipinski definition) is 1. The molecular weight excluding hydrogens is 335 g/mol. The van der Waals surface area contributed by atoms with Crippen LogP contribution in [0.15, 0.2) is 48.5 Å². The lowest BCUT2D eigenvalue weighted by Gasteiger charge is -2.17. The molecule has 0 bridgehead atoms. The molecule has 0 saturated carbocycles. The molecule has 23 heavy (non-hydrogen) atoms. The number of amides is 2. The van der Waals surface area contributed by atoms with E-state index in [0.29, 0.717) is 22.3 Å². The number of carbonyl (C=O) groups excluding carboxylic acids is 2. The summed E-state index contributed by atoms with van der Waals surface area (Å²) < 4.78 is 0. The Balaban J connectivity index is 1.71. The molecule has 0 radical (unpaired) electrons. The first-order valence-electron chi connectivity index (χ1n) is 7.16. The fourth-order valence-electron chi connectivity index (χ4n) is 2.55. The Bertz CT molecular complexity index is 747. The topological polar surface area (TPSA) is 49.4 Å². The van der Waals surface area contributed by atoms with Crippen molar-refractivity contribution >= 4 is 46.4 Å². The summed E-state index contributed by atoms with van der Waals surface area (Å²) in [6.45, 7) is 0.344. The van der Waals surface area contributed by atoms with Gasteiger partial charge in [-0.2, -0.15) is 0 Å². The number of carbonyl (C=O) groups is 2. The lowest BCUT2D eigenvalue weighted by Crippen LogP contribution is -2.28. The van der Waals surface area contributed by atoms with Crippen LogP contribution in [0.2, 0.25) is 10.0 Å². The van der Waals surface area contributed by atoms with E-state index in [4.69, 9.17) is 23.2 Å². The number of nitrogens with one attached hydrogen (secondary N) is 1. The number of para-hydroxylation sites is 1. The van der Waals surface area contributed by atoms with Gasteiger partial charge in [-0.05, 0) is 36.4 Å². The Labute approximate surface area is 144 Å². The summed E-state index contributed by atoms with van der Waals surface area (Å²) in [6, 6.07) is 14.0. The van der Waals surface area contributed by atoms with E-state index < -0.39 is 5.92 Å². The quantitative estimate of drug-likeness (QED) is 0.911. The Kier molecular flexibility index (Phi) is 4.55. The maximum absolute atomic E-state index is 12.4. The van der Waals surface area contributed by atoms with Crippen molar-refractivity contribution in [1.82, 2.24) is 0 Å². The first-order valence-corrected chi connectivity index (χ1v) is 7.91. The predicted octanol–water partition coefficient (Wildman–Crippen LogP) is 3.99. The van der Waals surface area contributed by atoms with Crippen molar-refractivity contribution in [3.8, 4) is 0 Å². The maximum Gasteiger partial charge on any atom is 0.229 e. The van der Waals surface area contributed by atoms with E-state index >= 15 is 0 Å². The minimum Gasteiger partial charge on any atom is -0.324 e. The van der Waals surface area contributed by atoms with Crippen LogP contribution in [0.3, 0.4) is 0 Å². The molecule has 0 spiro atoms. The molecule has 118 valence electrons. The van der Waals surface area contributed by atoms with Crippen LogP contribution in [0.1, 0.15) is 6.42 Å². The van der Waals surface area contributed by atoms with Gasteiger partial charge in [0.15, 0.2) is 0 Å². The zero-order valence-electron chi connectivity index (χ0n) is 12.1. The normalized spacial score (nSPS) is 17.4. The van der Waals surface area contributed by atoms with Gasteiger partial charge in [-0.3, -0.25) is 9.59 Å². The monoisotopic (exact) mass is 348 g/mol. The third kappa shape index (κ3) is 3.49. The standard InChI is InChI=1S/C17H14Cl2N2O2/c18-12-5-7-13(8-6-12)21-10-11(9-16(21)22)17(23)20-15-4-2-1-3-14(15)19/h1-8,11H,9-10H2,(H,20,23)/t11-/m1/s1. The van der Waals surface area contributed by atoms with Gasteiger partial charge in [0.2, 0.25) is 11.8 Å². The van der Waals surface area contributed by atoms with Crippen LogP contribution in [-0.4, -0.2) is 18.4 Å². The third-order valence-corrected chi connectivity index (χ3v) is 4.35. The van der Waals surface area contributed by atoms with E-state index in [0.717, 1.165) is 5.69 Å². The molecule has 2 aromatic rings. The molecule has 1 aliphatic rings. The van der Waals surface area contributed by atoms with Gasteiger partial charge in [-0.15, -0.1) is 0 Å². The van der Waals surface area contributed by atoms with Gasteiger partial charge in [0.1, 0.15) is 0 Å². The summed E-state index contributed by atoms with van der Waals surface area (Å²) in [7, 11) is 0. The first-order chi connectivity index (χ1) is 11.0. The Morgan fingerprint density at radius 1 is 1.09 bits per heavy atom. The Morgan fingerprint density at radius 2 is 1.78 bits per heavy atom. The second-order valence-electron chi connectivity index (χ2n) is 5.35. The highest BCUT2D eigenvalue weighted by molar-refractivity contribution is 6.33. The summed E-state index contributed by atoms with van der Waals surface area (Å²) >= 11 is 11.9. The Hall–Kier alpha value is -2.04. The van der Waals surface area contributed by atoms with Crippen molar-refractivity contribution in [3.63, 3.8) is 0 Å². The van der Waals surface area contributed by atoms with Crippen LogP contribution < -0.4 is 10.2 Å². The largest absolute Gasteiger partial charge is 0.324 e. The zero-order valence-corrected chi connectivity index (χ0v) is 13.6. The van der Waals surface area contributed by atoms with Crippen LogP contribution in [0.5, 0.6) is 0 Å². The van der Waals surface area contributed by atoms with E-state index in [1.54, 1.807) is 53.4 Å². The maximum atomic E-state index is 12.4. The fraction of sp³-hybridized carbons (Fsp3) is 0.176. The summed E-state index contributed by atoms with van der Waals surface area (Å²) in [5, 5.41) is 3.86. The lowest BCUT2D eigenvalue weighted by molar-refractivity contribution is -0.122. The van der Waals surface area contributed by atoms with E-state index in [1.165, 1.54) is 0 Å². The molecule has 2 aromatic carbocycles. The number of nitrogens with zero attached hydrogens (tertiary/aromatic N) is 1. The van der Waals surface area contributed by atoms with Gasteiger partial charge in [0, 0.05) is 23.7 Å². The van der Waals surface area contributed by atoms with Crippen LogP contribution >= 0.6 is 23.2 Å². The van der Waals surface area contributed by atoms with Crippen molar-refractivity contribution in [1.29, 1.82) is 0 Å². The molecule has 4 nitrogen and oxygen atoms in total. The summed E-state index contributed by atoms with van der Waals surface area (Å²) in [5.74, 6) is -0.691. The molecule has 1 N–H and O–H groups in total. The molecule has 1 aliphatic heterocycles. The molecule has 1 heterocycles. The van der Waals surface area contributed by atoms with Crippen LogP contribution in [0, 0.1) is 5.92 Å². The molecule has 0 unspecified atom stereocenters. The second-order valence-corrected chi connectivity index (χ2v) is 6.19. The average Bonchev–Trinajstić information content (AvgIpc) is 2.92. The van der Waals surface area contributed by atoms with Crippen molar-refractivity contribution in [3.05, 3.63) is 58.6 Å². The van der Waals surface area contributed by atoms with E-state index in [2.05, 4.69) is 5.32 Å². The predicted molar refractivity (Wildman–Crippen MR) is 92.0 cm³/mol. The molecule has 3 rings (SSSR count). The molecule has 1 fully saturated rings. The molecular formula is C17H14Cl2N2O2. The fourth-order valence-corrected chi connectivity index (χ4v) is 2.86. The highest BCUT2D eigenvalue weighted by Crippen LogP contribution is 2.28. The van der Waals surface area contributed by atoms with Crippen molar-refractivity contribution in [2.45, 2.75) is 6.42 Å². The molecule has 6 heteroatoms. The van der Waals surface area contributed by atoms with Gasteiger partial charge in [0.05, 0.1) is 16.6 Å².